The highest BCUT2D eigenvalue weighted by molar-refractivity contribution is 7.75. The first-order valence-corrected chi connectivity index (χ1v) is 8.82. The van der Waals surface area contributed by atoms with E-state index in [1.165, 1.54) is 51.4 Å². The lowest BCUT2D eigenvalue weighted by molar-refractivity contribution is -0.132. The molecule has 2 nitrogen and oxygen atoms in total. The van der Waals surface area contributed by atoms with Crippen LogP contribution in [0.15, 0.2) is 24.3 Å². The van der Waals surface area contributed by atoms with Crippen molar-refractivity contribution < 1.29 is 8.98 Å². The maximum atomic E-state index is 10.8. The van der Waals surface area contributed by atoms with Gasteiger partial charge in [0.2, 0.25) is 0 Å². The molecule has 0 aromatic heterocycles. The number of carbonyl (C=O) groups excluding carboxylic acids is 1. The minimum Gasteiger partial charge on any atom is -0.395 e. The Morgan fingerprint density at radius 3 is 2.05 bits per heavy atom. The molecule has 0 aromatic rings. The molecule has 3 heteroatoms. The molecule has 0 heterocycles. The van der Waals surface area contributed by atoms with Gasteiger partial charge >= 0.3 is 5.97 Å². The topological polar surface area (TPSA) is 26.3 Å². The van der Waals surface area contributed by atoms with Gasteiger partial charge in [-0.25, -0.2) is 0 Å². The molecular formula is C18H32O2S. The molecule has 0 amide bonds. The molecule has 0 saturated heterocycles. The van der Waals surface area contributed by atoms with Crippen LogP contribution < -0.4 is 0 Å². The third-order valence-corrected chi connectivity index (χ3v) is 3.64. The second kappa shape index (κ2) is 17.4. The molecule has 122 valence electrons. The molecule has 0 spiro atoms. The summed E-state index contributed by atoms with van der Waals surface area (Å²) < 4.78 is 4.31. The first-order valence-electron chi connectivity index (χ1n) is 8.45. The summed E-state index contributed by atoms with van der Waals surface area (Å²) in [4.78, 5) is 10.8. The molecule has 0 N–H and O–H groups in total. The molecule has 0 aliphatic heterocycles. The van der Waals surface area contributed by atoms with Crippen LogP contribution in [0.5, 0.6) is 0 Å². The van der Waals surface area contributed by atoms with Crippen LogP contribution in [0.3, 0.4) is 0 Å². The SMILES string of the molecule is CCCCC/C=C\C/C=C\CCCCCCCC(=O)OS. The zero-order chi connectivity index (χ0) is 15.6. The molecule has 0 aliphatic carbocycles. The Kier molecular flexibility index (Phi) is 16.8. The smallest absolute Gasteiger partial charge is 0.317 e. The first-order chi connectivity index (χ1) is 10.3. The van der Waals surface area contributed by atoms with Crippen molar-refractivity contribution in [2.75, 3.05) is 0 Å². The van der Waals surface area contributed by atoms with E-state index >= 15 is 0 Å². The summed E-state index contributed by atoms with van der Waals surface area (Å²) in [7, 11) is 0. The lowest BCUT2D eigenvalue weighted by atomic mass is 10.1. The Bertz CT molecular complexity index is 285. The molecule has 0 unspecified atom stereocenters. The fraction of sp³-hybridized carbons (Fsp3) is 0.722. The fourth-order valence-corrected chi connectivity index (χ4v) is 2.22. The van der Waals surface area contributed by atoms with Crippen molar-refractivity contribution in [2.45, 2.75) is 84.0 Å². The van der Waals surface area contributed by atoms with E-state index in [1.807, 2.05) is 0 Å². The standard InChI is InChI=1S/C18H32O2S/c1-2-3-4-5-6-7-8-9-10-11-12-13-14-15-16-17-18(19)20-21/h6-7,9-10,21H,2-5,8,11-17H2,1H3/b7-6-,10-9-. The molecule has 0 fully saturated rings. The minimum atomic E-state index is -0.219. The van der Waals surface area contributed by atoms with E-state index in [4.69, 9.17) is 0 Å². The average molecular weight is 313 g/mol. The maximum absolute atomic E-state index is 10.8. The summed E-state index contributed by atoms with van der Waals surface area (Å²) in [5, 5.41) is 0. The van der Waals surface area contributed by atoms with E-state index in [2.05, 4.69) is 48.3 Å². The molecule has 0 radical (unpaired) electrons. The second-order valence-electron chi connectivity index (χ2n) is 5.44. The van der Waals surface area contributed by atoms with E-state index in [0.717, 1.165) is 19.3 Å². The summed E-state index contributed by atoms with van der Waals surface area (Å²) in [6.45, 7) is 2.24. The van der Waals surface area contributed by atoms with Crippen molar-refractivity contribution in [3.05, 3.63) is 24.3 Å². The molecular weight excluding hydrogens is 280 g/mol. The van der Waals surface area contributed by atoms with Gasteiger partial charge in [-0.2, -0.15) is 0 Å². The fourth-order valence-electron chi connectivity index (χ4n) is 2.13. The number of carbonyl (C=O) groups is 1. The quantitative estimate of drug-likeness (QED) is 0.179. The van der Waals surface area contributed by atoms with Gasteiger partial charge in [-0.1, -0.05) is 63.3 Å². The van der Waals surface area contributed by atoms with Crippen LogP contribution in [0.2, 0.25) is 0 Å². The van der Waals surface area contributed by atoms with Crippen molar-refractivity contribution >= 4 is 18.9 Å². The van der Waals surface area contributed by atoms with Crippen LogP contribution in [0.25, 0.3) is 0 Å². The number of allylic oxidation sites excluding steroid dienone is 4. The Morgan fingerprint density at radius 2 is 1.43 bits per heavy atom. The molecule has 0 aliphatic rings. The van der Waals surface area contributed by atoms with Crippen molar-refractivity contribution in [3.63, 3.8) is 0 Å². The maximum Gasteiger partial charge on any atom is 0.317 e. The van der Waals surface area contributed by atoms with Crippen molar-refractivity contribution in [2.24, 2.45) is 0 Å². The highest BCUT2D eigenvalue weighted by atomic mass is 32.1. The summed E-state index contributed by atoms with van der Waals surface area (Å²) in [6, 6.07) is 0. The number of unbranched alkanes of at least 4 members (excludes halogenated alkanes) is 8. The molecule has 0 atom stereocenters. The van der Waals surface area contributed by atoms with Crippen LogP contribution >= 0.6 is 12.9 Å². The first kappa shape index (κ1) is 20.3. The van der Waals surface area contributed by atoms with Gasteiger partial charge < -0.3 is 4.18 Å². The number of rotatable bonds is 14. The predicted molar refractivity (Wildman–Crippen MR) is 94.4 cm³/mol. The molecule has 21 heavy (non-hydrogen) atoms. The third-order valence-electron chi connectivity index (χ3n) is 3.43. The van der Waals surface area contributed by atoms with Crippen LogP contribution in [0.1, 0.15) is 84.0 Å². The predicted octanol–water partition coefficient (Wildman–Crippen LogP) is 6.19. The number of hydrogen-bond donors (Lipinski definition) is 1. The van der Waals surface area contributed by atoms with Gasteiger partial charge in [0.25, 0.3) is 0 Å². The lowest BCUT2D eigenvalue weighted by Crippen LogP contribution is -1.95. The number of hydrogen-bond acceptors (Lipinski definition) is 3. The summed E-state index contributed by atoms with van der Waals surface area (Å²) in [6.07, 6.45) is 22.7. The summed E-state index contributed by atoms with van der Waals surface area (Å²) in [5.74, 6) is -0.219. The van der Waals surface area contributed by atoms with E-state index in [1.54, 1.807) is 0 Å². The van der Waals surface area contributed by atoms with Crippen molar-refractivity contribution in [1.82, 2.24) is 0 Å². The Labute approximate surface area is 136 Å². The normalized spacial score (nSPS) is 11.5. The monoisotopic (exact) mass is 312 g/mol. The lowest BCUT2D eigenvalue weighted by Gasteiger charge is -1.99. The van der Waals surface area contributed by atoms with Gasteiger partial charge in [0, 0.05) is 19.3 Å². The van der Waals surface area contributed by atoms with Crippen LogP contribution in [0.4, 0.5) is 0 Å². The Morgan fingerprint density at radius 1 is 0.857 bits per heavy atom. The van der Waals surface area contributed by atoms with Crippen LogP contribution in [-0.4, -0.2) is 5.97 Å². The van der Waals surface area contributed by atoms with Crippen LogP contribution in [-0.2, 0) is 8.98 Å². The van der Waals surface area contributed by atoms with E-state index in [9.17, 15) is 4.79 Å². The van der Waals surface area contributed by atoms with Crippen molar-refractivity contribution in [3.8, 4) is 0 Å². The zero-order valence-electron chi connectivity index (χ0n) is 13.6. The highest BCUT2D eigenvalue weighted by Gasteiger charge is 1.99. The molecule has 0 rings (SSSR count). The van der Waals surface area contributed by atoms with Crippen LogP contribution in [0, 0.1) is 0 Å². The largest absolute Gasteiger partial charge is 0.395 e. The van der Waals surface area contributed by atoms with Gasteiger partial charge in [0.05, 0.1) is 0 Å². The minimum absolute atomic E-state index is 0.219. The van der Waals surface area contributed by atoms with E-state index in [-0.39, 0.29) is 5.97 Å². The van der Waals surface area contributed by atoms with Gasteiger partial charge in [-0.05, 0) is 38.5 Å². The van der Waals surface area contributed by atoms with E-state index in [0.29, 0.717) is 6.42 Å². The third kappa shape index (κ3) is 17.2. The zero-order valence-corrected chi connectivity index (χ0v) is 14.5. The molecule has 0 bridgehead atoms. The molecule has 0 saturated carbocycles. The van der Waals surface area contributed by atoms with Gasteiger partial charge in [-0.15, -0.1) is 0 Å². The van der Waals surface area contributed by atoms with Gasteiger partial charge in [-0.3, -0.25) is 4.79 Å². The summed E-state index contributed by atoms with van der Waals surface area (Å²) >= 11 is 3.48. The number of thiol groups is 1. The average Bonchev–Trinajstić information content (AvgIpc) is 2.50. The van der Waals surface area contributed by atoms with Gasteiger partial charge in [0.15, 0.2) is 0 Å². The molecule has 0 aromatic carbocycles. The van der Waals surface area contributed by atoms with Gasteiger partial charge in [0.1, 0.15) is 0 Å². The Hall–Kier alpha value is -0.700. The summed E-state index contributed by atoms with van der Waals surface area (Å²) in [5.41, 5.74) is 0. The highest BCUT2D eigenvalue weighted by Crippen LogP contribution is 2.08. The Balaban J connectivity index is 3.20. The van der Waals surface area contributed by atoms with Crippen molar-refractivity contribution in [1.29, 1.82) is 0 Å². The second-order valence-corrected chi connectivity index (χ2v) is 5.63. The van der Waals surface area contributed by atoms with E-state index < -0.39 is 0 Å².